The van der Waals surface area contributed by atoms with E-state index >= 15 is 0 Å². The molecule has 5 nitrogen and oxygen atoms in total. The second-order valence-corrected chi connectivity index (χ2v) is 5.68. The number of alkyl halides is 3. The van der Waals surface area contributed by atoms with Gasteiger partial charge in [0.1, 0.15) is 6.54 Å². The molecule has 1 aliphatic heterocycles. The normalized spacial score (nSPS) is 19.2. The van der Waals surface area contributed by atoms with Gasteiger partial charge in [-0.2, -0.15) is 18.3 Å². The maximum absolute atomic E-state index is 12.8. The smallest absolute Gasteiger partial charge is 0.296 e. The zero-order valence-electron chi connectivity index (χ0n) is 12.3. The molecule has 1 aromatic heterocycles. The molecular formula is C15H14F3N3O2. The lowest BCUT2D eigenvalue weighted by atomic mass is 9.92. The van der Waals surface area contributed by atoms with Crippen LogP contribution in [0.1, 0.15) is 30.0 Å². The molecule has 0 spiro atoms. The maximum Gasteiger partial charge on any atom is 0.408 e. The van der Waals surface area contributed by atoms with Crippen LogP contribution in [-0.2, 0) is 16.1 Å². The molecule has 1 N–H and O–H groups in total. The van der Waals surface area contributed by atoms with E-state index in [2.05, 4.69) is 10.4 Å². The molecular weight excluding hydrogens is 311 g/mol. The fraction of sp³-hybridized carbons (Fsp3) is 0.400. The number of carbonyl (C=O) groups is 2. The van der Waals surface area contributed by atoms with E-state index in [-0.39, 0.29) is 24.4 Å². The van der Waals surface area contributed by atoms with Gasteiger partial charge in [-0.05, 0) is 25.0 Å². The first-order valence-electron chi connectivity index (χ1n) is 7.12. The van der Waals surface area contributed by atoms with Crippen LogP contribution in [0.4, 0.5) is 13.2 Å². The first-order chi connectivity index (χ1) is 10.7. The van der Waals surface area contributed by atoms with Crippen LogP contribution < -0.4 is 5.32 Å². The monoisotopic (exact) mass is 325 g/mol. The van der Waals surface area contributed by atoms with Crippen molar-refractivity contribution in [3.05, 3.63) is 29.5 Å². The van der Waals surface area contributed by atoms with E-state index in [0.29, 0.717) is 10.9 Å². The molecule has 3 rings (SSSR count). The number of piperidine rings is 1. The summed E-state index contributed by atoms with van der Waals surface area (Å²) >= 11 is 0. The third kappa shape index (κ3) is 3.06. The van der Waals surface area contributed by atoms with Crippen LogP contribution in [0.3, 0.4) is 0 Å². The Morgan fingerprint density at radius 3 is 2.74 bits per heavy atom. The van der Waals surface area contributed by atoms with E-state index in [9.17, 15) is 22.8 Å². The Hall–Kier alpha value is -2.38. The Morgan fingerprint density at radius 2 is 2.09 bits per heavy atom. The summed E-state index contributed by atoms with van der Waals surface area (Å²) in [5.41, 5.74) is 1.42. The fourth-order valence-corrected chi connectivity index (χ4v) is 2.81. The van der Waals surface area contributed by atoms with Gasteiger partial charge in [0.2, 0.25) is 11.8 Å². The molecule has 1 aliphatic rings. The van der Waals surface area contributed by atoms with Crippen LogP contribution in [0.5, 0.6) is 0 Å². The summed E-state index contributed by atoms with van der Waals surface area (Å²) in [5, 5.41) is 6.76. The van der Waals surface area contributed by atoms with Gasteiger partial charge >= 0.3 is 6.18 Å². The quantitative estimate of drug-likeness (QED) is 0.863. The largest absolute Gasteiger partial charge is 0.408 e. The van der Waals surface area contributed by atoms with Crippen molar-refractivity contribution in [1.82, 2.24) is 15.1 Å². The molecule has 1 atom stereocenters. The van der Waals surface area contributed by atoms with Gasteiger partial charge in [-0.1, -0.05) is 12.1 Å². The van der Waals surface area contributed by atoms with Crippen molar-refractivity contribution < 1.29 is 22.8 Å². The average molecular weight is 325 g/mol. The second-order valence-electron chi connectivity index (χ2n) is 5.68. The van der Waals surface area contributed by atoms with Gasteiger partial charge in [0.15, 0.2) is 0 Å². The Labute approximate surface area is 129 Å². The predicted octanol–water partition coefficient (Wildman–Crippen LogP) is 2.43. The molecule has 0 aliphatic carbocycles. The number of amides is 2. The van der Waals surface area contributed by atoms with Crippen molar-refractivity contribution in [2.75, 3.05) is 0 Å². The summed E-state index contributed by atoms with van der Waals surface area (Å²) in [6.45, 7) is 0.552. The zero-order valence-corrected chi connectivity index (χ0v) is 12.3. The highest BCUT2D eigenvalue weighted by Crippen LogP contribution is 2.32. The third-order valence-electron chi connectivity index (χ3n) is 3.83. The second kappa shape index (κ2) is 5.36. The van der Waals surface area contributed by atoms with Crippen LogP contribution in [0.15, 0.2) is 18.2 Å². The Kier molecular flexibility index (Phi) is 3.62. The van der Waals surface area contributed by atoms with Gasteiger partial charge in [0, 0.05) is 11.8 Å². The molecule has 1 unspecified atom stereocenters. The first-order valence-corrected chi connectivity index (χ1v) is 7.12. The molecule has 2 aromatic rings. The number of rotatable bonds is 2. The van der Waals surface area contributed by atoms with Crippen LogP contribution in [-0.4, -0.2) is 27.8 Å². The molecule has 2 amide bonds. The highest BCUT2D eigenvalue weighted by Gasteiger charge is 2.34. The summed E-state index contributed by atoms with van der Waals surface area (Å²) in [6.07, 6.45) is -4.02. The molecule has 23 heavy (non-hydrogen) atoms. The van der Waals surface area contributed by atoms with Gasteiger partial charge in [0.25, 0.3) is 0 Å². The number of fused-ring (bicyclic) bond motifs is 1. The average Bonchev–Trinajstić information content (AvgIpc) is 2.75. The summed E-state index contributed by atoms with van der Waals surface area (Å²) < 4.78 is 39.2. The van der Waals surface area contributed by atoms with Gasteiger partial charge in [-0.3, -0.25) is 19.6 Å². The molecule has 8 heteroatoms. The molecule has 122 valence electrons. The highest BCUT2D eigenvalue weighted by atomic mass is 19.4. The number of nitrogens with zero attached hydrogens (tertiary/aromatic N) is 2. The van der Waals surface area contributed by atoms with Gasteiger partial charge < -0.3 is 0 Å². The molecule has 0 saturated carbocycles. The van der Waals surface area contributed by atoms with E-state index < -0.39 is 24.5 Å². The molecule has 0 bridgehead atoms. The minimum absolute atomic E-state index is 0.149. The molecule has 1 aromatic carbocycles. The van der Waals surface area contributed by atoms with Gasteiger partial charge in [0.05, 0.1) is 17.1 Å². The maximum atomic E-state index is 12.8. The minimum atomic E-state index is -4.41. The van der Waals surface area contributed by atoms with Crippen LogP contribution in [0, 0.1) is 6.92 Å². The van der Waals surface area contributed by atoms with E-state index in [1.54, 1.807) is 25.1 Å². The number of halogens is 3. The molecule has 2 heterocycles. The Bertz CT molecular complexity index is 795. The number of nitrogens with one attached hydrogen (secondary N) is 1. The highest BCUT2D eigenvalue weighted by molar-refractivity contribution is 6.02. The van der Waals surface area contributed by atoms with Crippen molar-refractivity contribution in [1.29, 1.82) is 0 Å². The van der Waals surface area contributed by atoms with E-state index in [1.807, 2.05) is 0 Å². The standard InChI is InChI=1S/C15H14F3N3O2/c1-8-2-3-9-11(6-8)21(7-15(16,17)18)20-13(9)10-4-5-12(22)19-14(10)23/h2-3,6,10H,4-5,7H2,1H3,(H,19,22,23). The number of imide groups is 1. The third-order valence-corrected chi connectivity index (χ3v) is 3.83. The number of benzene rings is 1. The minimum Gasteiger partial charge on any atom is -0.296 e. The molecule has 1 fully saturated rings. The van der Waals surface area contributed by atoms with E-state index in [0.717, 1.165) is 10.2 Å². The Morgan fingerprint density at radius 1 is 1.35 bits per heavy atom. The van der Waals surface area contributed by atoms with Gasteiger partial charge in [-0.15, -0.1) is 0 Å². The van der Waals surface area contributed by atoms with E-state index in [4.69, 9.17) is 0 Å². The zero-order chi connectivity index (χ0) is 16.8. The summed E-state index contributed by atoms with van der Waals surface area (Å²) in [5.74, 6) is -1.60. The topological polar surface area (TPSA) is 64.0 Å². The molecule has 1 saturated heterocycles. The lowest BCUT2D eigenvalue weighted by Gasteiger charge is -2.19. The number of aryl methyl sites for hydroxylation is 1. The van der Waals surface area contributed by atoms with Crippen molar-refractivity contribution >= 4 is 22.7 Å². The number of aromatic nitrogens is 2. The van der Waals surface area contributed by atoms with Crippen molar-refractivity contribution in [2.45, 2.75) is 38.4 Å². The fourth-order valence-electron chi connectivity index (χ4n) is 2.81. The Balaban J connectivity index is 2.10. The van der Waals surface area contributed by atoms with Crippen molar-refractivity contribution in [3.63, 3.8) is 0 Å². The number of hydrogen-bond acceptors (Lipinski definition) is 3. The van der Waals surface area contributed by atoms with Crippen LogP contribution in [0.2, 0.25) is 0 Å². The summed E-state index contributed by atoms with van der Waals surface area (Å²) in [6, 6.07) is 5.05. The molecule has 0 radical (unpaired) electrons. The van der Waals surface area contributed by atoms with Crippen molar-refractivity contribution in [2.24, 2.45) is 0 Å². The van der Waals surface area contributed by atoms with Crippen LogP contribution >= 0.6 is 0 Å². The summed E-state index contributed by atoms with van der Waals surface area (Å²) in [7, 11) is 0. The predicted molar refractivity (Wildman–Crippen MR) is 75.6 cm³/mol. The lowest BCUT2D eigenvalue weighted by Crippen LogP contribution is -2.39. The summed E-state index contributed by atoms with van der Waals surface area (Å²) in [4.78, 5) is 23.3. The number of carbonyl (C=O) groups excluding carboxylic acids is 2. The van der Waals surface area contributed by atoms with Gasteiger partial charge in [-0.25, -0.2) is 0 Å². The lowest BCUT2D eigenvalue weighted by molar-refractivity contribution is -0.141. The van der Waals surface area contributed by atoms with Crippen molar-refractivity contribution in [3.8, 4) is 0 Å². The SMILES string of the molecule is Cc1ccc2c(C3CCC(=O)NC3=O)nn(CC(F)(F)F)c2c1. The number of hydrogen-bond donors (Lipinski definition) is 1. The van der Waals surface area contributed by atoms with Crippen LogP contribution in [0.25, 0.3) is 10.9 Å². The van der Waals surface area contributed by atoms with E-state index in [1.165, 1.54) is 0 Å². The first kappa shape index (κ1) is 15.5.